The number of pyridine rings is 1. The van der Waals surface area contributed by atoms with Gasteiger partial charge < -0.3 is 9.80 Å². The highest BCUT2D eigenvalue weighted by molar-refractivity contribution is 7.99. The first-order chi connectivity index (χ1) is 11.7. The summed E-state index contributed by atoms with van der Waals surface area (Å²) in [5, 5.41) is 0. The summed E-state index contributed by atoms with van der Waals surface area (Å²) in [6, 6.07) is 14.4. The van der Waals surface area contributed by atoms with Gasteiger partial charge in [-0.25, -0.2) is 4.98 Å². The van der Waals surface area contributed by atoms with Crippen LogP contribution in [-0.4, -0.2) is 47.7 Å². The Kier molecular flexibility index (Phi) is 5.75. The van der Waals surface area contributed by atoms with Crippen LogP contribution in [0.4, 0.5) is 5.82 Å². The first-order valence-electron chi connectivity index (χ1n) is 8.35. The van der Waals surface area contributed by atoms with Crippen LogP contribution in [0.5, 0.6) is 0 Å². The molecule has 0 spiro atoms. The van der Waals surface area contributed by atoms with E-state index in [2.05, 4.69) is 41.1 Å². The fraction of sp³-hybridized carbons (Fsp3) is 0.368. The second-order valence-corrected chi connectivity index (χ2v) is 7.14. The van der Waals surface area contributed by atoms with E-state index in [1.54, 1.807) is 11.8 Å². The Balaban J connectivity index is 1.41. The van der Waals surface area contributed by atoms with Gasteiger partial charge in [-0.1, -0.05) is 23.8 Å². The monoisotopic (exact) mass is 341 g/mol. The summed E-state index contributed by atoms with van der Waals surface area (Å²) >= 11 is 1.75. The number of piperazine rings is 1. The lowest BCUT2D eigenvalue weighted by atomic mass is 10.2. The Morgan fingerprint density at radius 1 is 1.08 bits per heavy atom. The molecule has 1 aromatic heterocycles. The Bertz CT molecular complexity index is 652. The zero-order valence-corrected chi connectivity index (χ0v) is 14.8. The first kappa shape index (κ1) is 16.8. The summed E-state index contributed by atoms with van der Waals surface area (Å²) in [7, 11) is 0. The number of thioether (sulfide) groups is 1. The van der Waals surface area contributed by atoms with Gasteiger partial charge >= 0.3 is 0 Å². The molecule has 2 heterocycles. The second kappa shape index (κ2) is 8.20. The summed E-state index contributed by atoms with van der Waals surface area (Å²) < 4.78 is 0. The maximum Gasteiger partial charge on any atom is 0.223 e. The zero-order valence-electron chi connectivity index (χ0n) is 14.0. The van der Waals surface area contributed by atoms with E-state index in [0.717, 1.165) is 37.7 Å². The van der Waals surface area contributed by atoms with Crippen LogP contribution >= 0.6 is 11.8 Å². The molecule has 126 valence electrons. The lowest BCUT2D eigenvalue weighted by Gasteiger charge is -2.35. The molecule has 24 heavy (non-hydrogen) atoms. The minimum absolute atomic E-state index is 0.260. The zero-order chi connectivity index (χ0) is 16.8. The van der Waals surface area contributed by atoms with Crippen LogP contribution in [0.1, 0.15) is 12.0 Å². The molecule has 0 saturated carbocycles. The third-order valence-corrected chi connectivity index (χ3v) is 5.23. The number of benzene rings is 1. The molecule has 0 bridgehead atoms. The van der Waals surface area contributed by atoms with Gasteiger partial charge in [-0.3, -0.25) is 4.79 Å². The van der Waals surface area contributed by atoms with Gasteiger partial charge in [-0.15, -0.1) is 11.8 Å². The molecule has 1 fully saturated rings. The molecule has 1 aliphatic rings. The van der Waals surface area contributed by atoms with E-state index >= 15 is 0 Å². The van der Waals surface area contributed by atoms with Crippen molar-refractivity contribution in [1.29, 1.82) is 0 Å². The number of amides is 1. The molecule has 1 amide bonds. The fourth-order valence-corrected chi connectivity index (χ4v) is 3.62. The van der Waals surface area contributed by atoms with Crippen molar-refractivity contribution in [2.24, 2.45) is 0 Å². The predicted octanol–water partition coefficient (Wildman–Crippen LogP) is 3.22. The van der Waals surface area contributed by atoms with Gasteiger partial charge in [0.25, 0.3) is 0 Å². The van der Waals surface area contributed by atoms with Crippen molar-refractivity contribution < 1.29 is 4.79 Å². The van der Waals surface area contributed by atoms with Gasteiger partial charge in [0.15, 0.2) is 0 Å². The molecule has 0 N–H and O–H groups in total. The van der Waals surface area contributed by atoms with Crippen LogP contribution in [-0.2, 0) is 4.79 Å². The van der Waals surface area contributed by atoms with Crippen molar-refractivity contribution >= 4 is 23.5 Å². The molecule has 2 aromatic rings. The van der Waals surface area contributed by atoms with Gasteiger partial charge in [0.1, 0.15) is 5.82 Å². The van der Waals surface area contributed by atoms with Crippen LogP contribution in [0.25, 0.3) is 0 Å². The molecule has 0 atom stereocenters. The van der Waals surface area contributed by atoms with E-state index in [1.165, 1.54) is 10.5 Å². The number of carbonyl (C=O) groups excluding carboxylic acids is 1. The summed E-state index contributed by atoms with van der Waals surface area (Å²) in [6.45, 7) is 5.36. The Morgan fingerprint density at radius 3 is 2.50 bits per heavy atom. The third kappa shape index (κ3) is 4.51. The molecular formula is C19H23N3OS. The second-order valence-electron chi connectivity index (χ2n) is 5.97. The molecular weight excluding hydrogens is 318 g/mol. The summed E-state index contributed by atoms with van der Waals surface area (Å²) in [4.78, 5) is 22.2. The lowest BCUT2D eigenvalue weighted by Crippen LogP contribution is -2.49. The van der Waals surface area contributed by atoms with Crippen LogP contribution in [0.15, 0.2) is 53.6 Å². The quantitative estimate of drug-likeness (QED) is 0.783. The number of hydrogen-bond acceptors (Lipinski definition) is 4. The number of carbonyl (C=O) groups is 1. The van der Waals surface area contributed by atoms with E-state index in [1.807, 2.05) is 29.3 Å². The smallest absolute Gasteiger partial charge is 0.223 e. The molecule has 3 rings (SSSR count). The van der Waals surface area contributed by atoms with Crippen molar-refractivity contribution in [2.45, 2.75) is 18.2 Å². The molecule has 5 heteroatoms. The van der Waals surface area contributed by atoms with Gasteiger partial charge in [-0.05, 0) is 31.2 Å². The van der Waals surface area contributed by atoms with Gasteiger partial charge in [0.05, 0.1) is 0 Å². The predicted molar refractivity (Wildman–Crippen MR) is 99.6 cm³/mol. The van der Waals surface area contributed by atoms with Crippen LogP contribution in [0.3, 0.4) is 0 Å². The molecule has 0 aliphatic carbocycles. The van der Waals surface area contributed by atoms with Crippen molar-refractivity contribution in [3.05, 3.63) is 54.2 Å². The number of nitrogens with zero attached hydrogens (tertiary/aromatic N) is 3. The molecule has 1 aliphatic heterocycles. The Labute approximate surface area is 147 Å². The highest BCUT2D eigenvalue weighted by Crippen LogP contribution is 2.20. The number of rotatable bonds is 5. The van der Waals surface area contributed by atoms with E-state index in [-0.39, 0.29) is 5.91 Å². The number of aryl methyl sites for hydroxylation is 1. The summed E-state index contributed by atoms with van der Waals surface area (Å²) in [5.74, 6) is 2.09. The number of aromatic nitrogens is 1. The average molecular weight is 341 g/mol. The normalized spacial score (nSPS) is 14.7. The van der Waals surface area contributed by atoms with Crippen molar-refractivity contribution in [3.63, 3.8) is 0 Å². The average Bonchev–Trinajstić information content (AvgIpc) is 2.64. The van der Waals surface area contributed by atoms with Gasteiger partial charge in [-0.2, -0.15) is 0 Å². The molecule has 1 aromatic carbocycles. The van der Waals surface area contributed by atoms with Crippen LogP contribution in [0, 0.1) is 6.92 Å². The standard InChI is InChI=1S/C19H23N3OS/c1-16-5-7-17(8-6-16)24-15-9-19(23)22-13-11-21(12-14-22)18-4-2-3-10-20-18/h2-8,10H,9,11-15H2,1H3. The van der Waals surface area contributed by atoms with Gasteiger partial charge in [0.2, 0.25) is 5.91 Å². The SMILES string of the molecule is Cc1ccc(SCCC(=O)N2CCN(c3ccccn3)CC2)cc1. The van der Waals surface area contributed by atoms with Crippen molar-refractivity contribution in [2.75, 3.05) is 36.8 Å². The lowest BCUT2D eigenvalue weighted by molar-refractivity contribution is -0.131. The highest BCUT2D eigenvalue weighted by Gasteiger charge is 2.21. The first-order valence-corrected chi connectivity index (χ1v) is 9.34. The Hall–Kier alpha value is -2.01. The van der Waals surface area contributed by atoms with E-state index in [4.69, 9.17) is 0 Å². The maximum absolute atomic E-state index is 12.4. The number of hydrogen-bond donors (Lipinski definition) is 0. The minimum atomic E-state index is 0.260. The summed E-state index contributed by atoms with van der Waals surface area (Å²) in [6.07, 6.45) is 2.41. The van der Waals surface area contributed by atoms with Crippen molar-refractivity contribution in [1.82, 2.24) is 9.88 Å². The van der Waals surface area contributed by atoms with Crippen molar-refractivity contribution in [3.8, 4) is 0 Å². The molecule has 0 unspecified atom stereocenters. The molecule has 4 nitrogen and oxygen atoms in total. The highest BCUT2D eigenvalue weighted by atomic mass is 32.2. The van der Waals surface area contributed by atoms with E-state index in [9.17, 15) is 4.79 Å². The van der Waals surface area contributed by atoms with Gasteiger partial charge in [0, 0.05) is 49.4 Å². The molecule has 0 radical (unpaired) electrons. The molecule has 1 saturated heterocycles. The Morgan fingerprint density at radius 2 is 1.83 bits per heavy atom. The van der Waals surface area contributed by atoms with E-state index < -0.39 is 0 Å². The van der Waals surface area contributed by atoms with Crippen LogP contribution in [0.2, 0.25) is 0 Å². The summed E-state index contributed by atoms with van der Waals surface area (Å²) in [5.41, 5.74) is 1.27. The van der Waals surface area contributed by atoms with Crippen LogP contribution < -0.4 is 4.90 Å². The fourth-order valence-electron chi connectivity index (χ4n) is 2.77. The topological polar surface area (TPSA) is 36.4 Å². The number of anilines is 1. The minimum Gasteiger partial charge on any atom is -0.353 e. The maximum atomic E-state index is 12.4. The third-order valence-electron chi connectivity index (χ3n) is 4.21. The largest absolute Gasteiger partial charge is 0.353 e. The van der Waals surface area contributed by atoms with E-state index in [0.29, 0.717) is 6.42 Å².